The van der Waals surface area contributed by atoms with Crippen LogP contribution in [-0.2, 0) is 6.54 Å². The van der Waals surface area contributed by atoms with E-state index in [0.29, 0.717) is 11.6 Å². The minimum atomic E-state index is 0.582. The maximum absolute atomic E-state index is 9.02. The van der Waals surface area contributed by atoms with Gasteiger partial charge in [-0.1, -0.05) is 0 Å². The molecule has 1 aromatic carbocycles. The number of nitrogens with one attached hydrogen (secondary N) is 1. The van der Waals surface area contributed by atoms with Crippen LogP contribution in [0, 0.1) is 16.1 Å². The molecule has 2 rings (SSSR count). The van der Waals surface area contributed by atoms with Gasteiger partial charge in [-0.3, -0.25) is 0 Å². The second-order valence-corrected chi connectivity index (χ2v) is 6.09. The molecule has 0 atom stereocenters. The number of rotatable bonds is 6. The average molecular weight is 302 g/mol. The second-order valence-electron chi connectivity index (χ2n) is 5.71. The molecule has 0 amide bonds. The number of nitriles is 1. The van der Waals surface area contributed by atoms with Crippen molar-refractivity contribution in [2.45, 2.75) is 39.3 Å². The Morgan fingerprint density at radius 2 is 2.14 bits per heavy atom. The van der Waals surface area contributed by atoms with Gasteiger partial charge in [-0.2, -0.15) is 5.26 Å². The van der Waals surface area contributed by atoms with E-state index in [1.165, 1.54) is 0 Å². The molecule has 4 nitrogen and oxygen atoms in total. The van der Waals surface area contributed by atoms with Crippen molar-refractivity contribution >= 4 is 23.3 Å². The molecule has 0 aliphatic heterocycles. The summed E-state index contributed by atoms with van der Waals surface area (Å²) in [7, 11) is 2.15. The molecule has 1 heterocycles. The number of hydrogen-bond acceptors (Lipinski definition) is 3. The Kier molecular flexibility index (Phi) is 5.16. The summed E-state index contributed by atoms with van der Waals surface area (Å²) < 4.78 is 2.83. The third-order valence-corrected chi connectivity index (χ3v) is 4.25. The quantitative estimate of drug-likeness (QED) is 0.654. The molecule has 1 N–H and O–H groups in total. The van der Waals surface area contributed by atoms with Crippen LogP contribution >= 0.6 is 12.2 Å². The van der Waals surface area contributed by atoms with Crippen molar-refractivity contribution in [2.75, 3.05) is 13.6 Å². The topological polar surface area (TPSA) is 47.8 Å². The third-order valence-electron chi connectivity index (χ3n) is 3.93. The number of benzene rings is 1. The zero-order valence-electron chi connectivity index (χ0n) is 12.9. The van der Waals surface area contributed by atoms with Crippen LogP contribution in [0.5, 0.6) is 0 Å². The first-order chi connectivity index (χ1) is 10.0. The number of nitrogens with zero attached hydrogens (tertiary/aromatic N) is 3. The van der Waals surface area contributed by atoms with Crippen molar-refractivity contribution in [3.63, 3.8) is 0 Å². The number of fused-ring (bicyclic) bond motifs is 1. The first-order valence-corrected chi connectivity index (χ1v) is 7.76. The highest BCUT2D eigenvalue weighted by molar-refractivity contribution is 7.71. The van der Waals surface area contributed by atoms with Crippen molar-refractivity contribution in [2.24, 2.45) is 0 Å². The first kappa shape index (κ1) is 15.7. The molecule has 0 radical (unpaired) electrons. The number of aromatic amines is 1. The molecule has 0 bridgehead atoms. The number of unbranched alkanes of at least 4 members (excludes halogenated alkanes) is 1. The second kappa shape index (κ2) is 6.88. The van der Waals surface area contributed by atoms with E-state index in [9.17, 15) is 0 Å². The lowest BCUT2D eigenvalue weighted by molar-refractivity contribution is 0.266. The highest BCUT2D eigenvalue weighted by Gasteiger charge is 2.06. The minimum absolute atomic E-state index is 0.582. The summed E-state index contributed by atoms with van der Waals surface area (Å²) >= 11 is 5.39. The molecule has 0 aliphatic rings. The molecule has 21 heavy (non-hydrogen) atoms. The number of aromatic nitrogens is 2. The van der Waals surface area contributed by atoms with Gasteiger partial charge in [-0.25, -0.2) is 0 Å². The third kappa shape index (κ3) is 3.72. The zero-order chi connectivity index (χ0) is 15.4. The van der Waals surface area contributed by atoms with Gasteiger partial charge in [0.1, 0.15) is 0 Å². The molecular weight excluding hydrogens is 280 g/mol. The molecule has 112 valence electrons. The van der Waals surface area contributed by atoms with E-state index in [2.05, 4.69) is 41.4 Å². The van der Waals surface area contributed by atoms with Gasteiger partial charge in [0.05, 0.1) is 22.7 Å². The van der Waals surface area contributed by atoms with E-state index in [1.807, 2.05) is 18.2 Å². The smallest absolute Gasteiger partial charge is 0.178 e. The van der Waals surface area contributed by atoms with Gasteiger partial charge in [0.2, 0.25) is 0 Å². The SMILES string of the molecule is CC(C)N(C)CCCCn1c(=S)[nH]c2ccc(C#N)cc21. The summed E-state index contributed by atoms with van der Waals surface area (Å²) in [4.78, 5) is 5.55. The van der Waals surface area contributed by atoms with Crippen LogP contribution in [0.25, 0.3) is 11.0 Å². The standard InChI is InChI=1S/C16H22N4S/c1-12(2)19(3)8-4-5-9-20-15-10-13(11-17)6-7-14(15)18-16(20)21/h6-7,10,12H,4-5,8-9H2,1-3H3,(H,18,21). The molecule has 0 saturated carbocycles. The molecule has 0 saturated heterocycles. The molecule has 0 spiro atoms. The van der Waals surface area contributed by atoms with Crippen LogP contribution < -0.4 is 0 Å². The van der Waals surface area contributed by atoms with Gasteiger partial charge < -0.3 is 14.5 Å². The van der Waals surface area contributed by atoms with E-state index in [4.69, 9.17) is 17.5 Å². The summed E-state index contributed by atoms with van der Waals surface area (Å²) in [5.41, 5.74) is 2.69. The van der Waals surface area contributed by atoms with Crippen LogP contribution in [0.3, 0.4) is 0 Å². The summed E-state index contributed by atoms with van der Waals surface area (Å²) in [6.45, 7) is 6.40. The van der Waals surface area contributed by atoms with E-state index >= 15 is 0 Å². The fraction of sp³-hybridized carbons (Fsp3) is 0.500. The van der Waals surface area contributed by atoms with E-state index in [0.717, 1.165) is 41.7 Å². The monoisotopic (exact) mass is 302 g/mol. The number of H-pyrrole nitrogens is 1. The van der Waals surface area contributed by atoms with Gasteiger partial charge >= 0.3 is 0 Å². The largest absolute Gasteiger partial charge is 0.331 e. The van der Waals surface area contributed by atoms with Crippen LogP contribution in [0.1, 0.15) is 32.3 Å². The van der Waals surface area contributed by atoms with Crippen molar-refractivity contribution in [3.8, 4) is 6.07 Å². The van der Waals surface area contributed by atoms with Gasteiger partial charge in [-0.15, -0.1) is 0 Å². The predicted octanol–water partition coefficient (Wildman–Crippen LogP) is 3.69. The van der Waals surface area contributed by atoms with Crippen molar-refractivity contribution < 1.29 is 0 Å². The number of imidazole rings is 1. The summed E-state index contributed by atoms with van der Waals surface area (Å²) in [6.07, 6.45) is 2.22. The average Bonchev–Trinajstić information content (AvgIpc) is 2.78. The molecule has 1 aromatic heterocycles. The minimum Gasteiger partial charge on any atom is -0.331 e. The fourth-order valence-corrected chi connectivity index (χ4v) is 2.63. The highest BCUT2D eigenvalue weighted by atomic mass is 32.1. The summed E-state index contributed by atoms with van der Waals surface area (Å²) in [6, 6.07) is 8.41. The molecule has 0 fully saturated rings. The fourth-order valence-electron chi connectivity index (χ4n) is 2.33. The lowest BCUT2D eigenvalue weighted by Gasteiger charge is -2.20. The summed E-state index contributed by atoms with van der Waals surface area (Å²) in [5.74, 6) is 0. The van der Waals surface area contributed by atoms with Gasteiger partial charge in [0.25, 0.3) is 0 Å². The van der Waals surface area contributed by atoms with E-state index in [-0.39, 0.29) is 0 Å². The van der Waals surface area contributed by atoms with E-state index in [1.54, 1.807) is 0 Å². The van der Waals surface area contributed by atoms with Crippen molar-refractivity contribution in [3.05, 3.63) is 28.5 Å². The van der Waals surface area contributed by atoms with Gasteiger partial charge in [0, 0.05) is 12.6 Å². The number of aryl methyl sites for hydroxylation is 1. The molecule has 0 unspecified atom stereocenters. The van der Waals surface area contributed by atoms with Crippen LogP contribution in [-0.4, -0.2) is 34.1 Å². The highest BCUT2D eigenvalue weighted by Crippen LogP contribution is 2.17. The van der Waals surface area contributed by atoms with Crippen molar-refractivity contribution in [1.29, 1.82) is 5.26 Å². The Morgan fingerprint density at radius 1 is 1.38 bits per heavy atom. The Hall–Kier alpha value is -1.64. The lowest BCUT2D eigenvalue weighted by Crippen LogP contribution is -2.27. The molecular formula is C16H22N4S. The zero-order valence-corrected chi connectivity index (χ0v) is 13.7. The van der Waals surface area contributed by atoms with E-state index < -0.39 is 0 Å². The molecule has 2 aromatic rings. The van der Waals surface area contributed by atoms with Gasteiger partial charge in [0.15, 0.2) is 4.77 Å². The molecule has 0 aliphatic carbocycles. The van der Waals surface area contributed by atoms with Crippen molar-refractivity contribution in [1.82, 2.24) is 14.5 Å². The lowest BCUT2D eigenvalue weighted by atomic mass is 10.2. The predicted molar refractivity (Wildman–Crippen MR) is 88.8 cm³/mol. The Balaban J connectivity index is 2.06. The first-order valence-electron chi connectivity index (χ1n) is 7.36. The Labute approximate surface area is 131 Å². The Morgan fingerprint density at radius 3 is 2.81 bits per heavy atom. The molecule has 5 heteroatoms. The maximum Gasteiger partial charge on any atom is 0.178 e. The normalized spacial score (nSPS) is 11.4. The van der Waals surface area contributed by atoms with Crippen LogP contribution in [0.2, 0.25) is 0 Å². The summed E-state index contributed by atoms with van der Waals surface area (Å²) in [5, 5.41) is 9.02. The number of hydrogen-bond donors (Lipinski definition) is 1. The van der Waals surface area contributed by atoms with Gasteiger partial charge in [-0.05, 0) is 70.7 Å². The maximum atomic E-state index is 9.02. The Bertz CT molecular complexity index is 705. The van der Waals surface area contributed by atoms with Crippen LogP contribution in [0.15, 0.2) is 18.2 Å². The van der Waals surface area contributed by atoms with Crippen LogP contribution in [0.4, 0.5) is 0 Å².